The minimum atomic E-state index is -0.605. The molecule has 0 saturated heterocycles. The summed E-state index contributed by atoms with van der Waals surface area (Å²) in [5, 5.41) is 4.99. The molecule has 3 rings (SSSR count). The number of benzene rings is 3. The molecule has 3 amide bonds. The molecule has 0 aromatic heterocycles. The van der Waals surface area contributed by atoms with Crippen molar-refractivity contribution in [3.8, 4) is 0 Å². The van der Waals surface area contributed by atoms with Crippen molar-refractivity contribution >= 4 is 51.6 Å². The summed E-state index contributed by atoms with van der Waals surface area (Å²) in [6.07, 6.45) is 0. The van der Waals surface area contributed by atoms with Crippen LogP contribution in [-0.2, 0) is 0 Å². The Bertz CT molecular complexity index is 955. The Morgan fingerprint density at radius 2 is 1.56 bits per heavy atom. The first-order valence-electron chi connectivity index (χ1n) is 7.35. The highest BCUT2D eigenvalue weighted by Crippen LogP contribution is 2.24. The third-order valence-corrected chi connectivity index (χ3v) is 4.24. The average Bonchev–Trinajstić information content (AvgIpc) is 2.62. The molecule has 0 radical (unpaired) electrons. The van der Waals surface area contributed by atoms with E-state index in [0.29, 0.717) is 21.3 Å². The van der Waals surface area contributed by atoms with Crippen molar-refractivity contribution < 1.29 is 9.59 Å². The lowest BCUT2D eigenvalue weighted by atomic mass is 10.0. The number of rotatable bonds is 2. The van der Waals surface area contributed by atoms with Gasteiger partial charge in [0.1, 0.15) is 0 Å². The van der Waals surface area contributed by atoms with Gasteiger partial charge in [0.05, 0.1) is 10.0 Å². The van der Waals surface area contributed by atoms with Crippen LogP contribution < -0.4 is 16.2 Å². The van der Waals surface area contributed by atoms with E-state index in [1.807, 2.05) is 30.3 Å². The second kappa shape index (κ2) is 7.42. The van der Waals surface area contributed by atoms with E-state index in [-0.39, 0.29) is 0 Å². The average molecular weight is 374 g/mol. The van der Waals surface area contributed by atoms with Crippen molar-refractivity contribution in [2.24, 2.45) is 0 Å². The van der Waals surface area contributed by atoms with Crippen LogP contribution in [0.5, 0.6) is 0 Å². The third kappa shape index (κ3) is 4.02. The van der Waals surface area contributed by atoms with E-state index in [0.717, 1.165) is 10.8 Å². The zero-order valence-electron chi connectivity index (χ0n) is 12.8. The van der Waals surface area contributed by atoms with E-state index in [2.05, 4.69) is 16.2 Å². The van der Waals surface area contributed by atoms with E-state index in [1.165, 1.54) is 6.07 Å². The second-order valence-electron chi connectivity index (χ2n) is 5.19. The monoisotopic (exact) mass is 373 g/mol. The van der Waals surface area contributed by atoms with Gasteiger partial charge in [-0.05, 0) is 35.0 Å². The first kappa shape index (κ1) is 17.1. The predicted octanol–water partition coefficient (Wildman–Crippen LogP) is 4.61. The van der Waals surface area contributed by atoms with E-state index in [1.54, 1.807) is 24.3 Å². The molecule has 5 nitrogen and oxygen atoms in total. The summed E-state index contributed by atoms with van der Waals surface area (Å²) in [5.74, 6) is -0.416. The molecular formula is C18H13Cl2N3O2. The molecule has 0 fully saturated rings. The lowest BCUT2D eigenvalue weighted by Gasteiger charge is -2.11. The fourth-order valence-corrected chi connectivity index (χ4v) is 2.64. The van der Waals surface area contributed by atoms with Crippen LogP contribution in [0.25, 0.3) is 10.8 Å². The smallest absolute Gasteiger partial charge is 0.307 e. The van der Waals surface area contributed by atoms with Crippen LogP contribution in [0.15, 0.2) is 60.7 Å². The van der Waals surface area contributed by atoms with Crippen molar-refractivity contribution in [2.75, 3.05) is 5.32 Å². The summed E-state index contributed by atoms with van der Waals surface area (Å²) in [4.78, 5) is 24.2. The molecule has 0 aliphatic heterocycles. The molecule has 0 unspecified atom stereocenters. The SMILES string of the molecule is O=C(NNC(=O)c1cccc2ccccc12)Nc1ccc(Cl)c(Cl)c1. The Balaban J connectivity index is 1.65. The van der Waals surface area contributed by atoms with Gasteiger partial charge in [0.25, 0.3) is 5.91 Å². The van der Waals surface area contributed by atoms with Crippen molar-refractivity contribution in [1.29, 1.82) is 0 Å². The van der Waals surface area contributed by atoms with E-state index < -0.39 is 11.9 Å². The van der Waals surface area contributed by atoms with Crippen LogP contribution in [0.1, 0.15) is 10.4 Å². The van der Waals surface area contributed by atoms with Crippen LogP contribution in [0.2, 0.25) is 10.0 Å². The molecule has 7 heteroatoms. The minimum absolute atomic E-state index is 0.319. The van der Waals surface area contributed by atoms with Crippen molar-refractivity contribution in [3.05, 3.63) is 76.3 Å². The largest absolute Gasteiger partial charge is 0.337 e. The highest BCUT2D eigenvalue weighted by atomic mass is 35.5. The minimum Gasteiger partial charge on any atom is -0.307 e. The molecule has 0 atom stereocenters. The normalized spacial score (nSPS) is 10.3. The van der Waals surface area contributed by atoms with Gasteiger partial charge >= 0.3 is 6.03 Å². The Morgan fingerprint density at radius 1 is 0.800 bits per heavy atom. The van der Waals surface area contributed by atoms with Gasteiger partial charge in [0.15, 0.2) is 0 Å². The number of fused-ring (bicyclic) bond motifs is 1. The number of anilines is 1. The van der Waals surface area contributed by atoms with Gasteiger partial charge < -0.3 is 5.32 Å². The van der Waals surface area contributed by atoms with Crippen LogP contribution >= 0.6 is 23.2 Å². The van der Waals surface area contributed by atoms with Gasteiger partial charge in [-0.15, -0.1) is 0 Å². The van der Waals surface area contributed by atoms with E-state index in [4.69, 9.17) is 23.2 Å². The maximum Gasteiger partial charge on any atom is 0.337 e. The molecule has 25 heavy (non-hydrogen) atoms. The van der Waals surface area contributed by atoms with Crippen LogP contribution in [-0.4, -0.2) is 11.9 Å². The number of carbonyl (C=O) groups is 2. The van der Waals surface area contributed by atoms with E-state index in [9.17, 15) is 9.59 Å². The quantitative estimate of drug-likeness (QED) is 0.573. The maximum atomic E-state index is 12.3. The fraction of sp³-hybridized carbons (Fsp3) is 0. The van der Waals surface area contributed by atoms with Crippen LogP contribution in [0.4, 0.5) is 10.5 Å². The zero-order chi connectivity index (χ0) is 17.8. The number of hydrazine groups is 1. The highest BCUT2D eigenvalue weighted by Gasteiger charge is 2.11. The lowest BCUT2D eigenvalue weighted by molar-refractivity contribution is 0.0939. The van der Waals surface area contributed by atoms with Crippen LogP contribution in [0.3, 0.4) is 0 Å². The van der Waals surface area contributed by atoms with Crippen LogP contribution in [0, 0.1) is 0 Å². The molecule has 0 aliphatic carbocycles. The first-order valence-corrected chi connectivity index (χ1v) is 8.10. The lowest BCUT2D eigenvalue weighted by Crippen LogP contribution is -2.43. The molecule has 3 N–H and O–H groups in total. The Kier molecular flexibility index (Phi) is 5.07. The number of halogens is 2. The Morgan fingerprint density at radius 3 is 2.36 bits per heavy atom. The standard InChI is InChI=1S/C18H13Cl2N3O2/c19-15-9-8-12(10-16(15)20)21-18(25)23-22-17(24)14-7-3-5-11-4-1-2-6-13(11)14/h1-10H,(H,22,24)(H2,21,23,25). The fourth-order valence-electron chi connectivity index (χ4n) is 2.34. The number of hydrogen-bond acceptors (Lipinski definition) is 2. The molecule has 0 spiro atoms. The van der Waals surface area contributed by atoms with Crippen molar-refractivity contribution in [2.45, 2.75) is 0 Å². The first-order chi connectivity index (χ1) is 12.0. The van der Waals surface area contributed by atoms with Gasteiger partial charge in [0.2, 0.25) is 0 Å². The number of nitrogens with one attached hydrogen (secondary N) is 3. The van der Waals surface area contributed by atoms with Gasteiger partial charge in [-0.2, -0.15) is 0 Å². The van der Waals surface area contributed by atoms with Gasteiger partial charge in [-0.1, -0.05) is 59.6 Å². The summed E-state index contributed by atoms with van der Waals surface area (Å²) in [6.45, 7) is 0. The van der Waals surface area contributed by atoms with Crippen molar-refractivity contribution in [3.63, 3.8) is 0 Å². The summed E-state index contributed by atoms with van der Waals surface area (Å²) in [7, 11) is 0. The summed E-state index contributed by atoms with van der Waals surface area (Å²) < 4.78 is 0. The van der Waals surface area contributed by atoms with Gasteiger partial charge in [-0.25, -0.2) is 10.2 Å². The second-order valence-corrected chi connectivity index (χ2v) is 6.00. The number of hydrogen-bond donors (Lipinski definition) is 3. The Hall–Kier alpha value is -2.76. The number of carbonyl (C=O) groups excluding carboxylic acids is 2. The highest BCUT2D eigenvalue weighted by molar-refractivity contribution is 6.42. The van der Waals surface area contributed by atoms with Gasteiger partial charge in [0, 0.05) is 11.3 Å². The third-order valence-electron chi connectivity index (χ3n) is 3.50. The maximum absolute atomic E-state index is 12.3. The van der Waals surface area contributed by atoms with Crippen molar-refractivity contribution in [1.82, 2.24) is 10.9 Å². The molecular weight excluding hydrogens is 361 g/mol. The molecule has 0 saturated carbocycles. The molecule has 0 aliphatic rings. The molecule has 0 heterocycles. The van der Waals surface area contributed by atoms with E-state index >= 15 is 0 Å². The number of urea groups is 1. The molecule has 3 aromatic rings. The summed E-state index contributed by atoms with van der Waals surface area (Å²) in [6, 6.07) is 17.0. The number of amides is 3. The summed E-state index contributed by atoms with van der Waals surface area (Å²) in [5.41, 5.74) is 5.60. The summed E-state index contributed by atoms with van der Waals surface area (Å²) >= 11 is 11.7. The van der Waals surface area contributed by atoms with Gasteiger partial charge in [-0.3, -0.25) is 10.2 Å². The predicted molar refractivity (Wildman–Crippen MR) is 100 cm³/mol. The molecule has 126 valence electrons. The topological polar surface area (TPSA) is 70.2 Å². The Labute approximate surface area is 153 Å². The zero-order valence-corrected chi connectivity index (χ0v) is 14.4. The molecule has 3 aromatic carbocycles. The molecule has 0 bridgehead atoms.